The van der Waals surface area contributed by atoms with Crippen molar-refractivity contribution in [1.82, 2.24) is 4.90 Å². The molecule has 0 radical (unpaired) electrons. The van der Waals surface area contributed by atoms with Gasteiger partial charge >= 0.3 is 5.97 Å². The van der Waals surface area contributed by atoms with Gasteiger partial charge in [0.2, 0.25) is 0 Å². The van der Waals surface area contributed by atoms with Crippen molar-refractivity contribution in [3.05, 3.63) is 59.0 Å². The van der Waals surface area contributed by atoms with Gasteiger partial charge in [0.1, 0.15) is 11.7 Å². The van der Waals surface area contributed by atoms with Gasteiger partial charge in [-0.25, -0.2) is 0 Å². The lowest BCUT2D eigenvalue weighted by Crippen LogP contribution is -2.58. The van der Waals surface area contributed by atoms with Crippen LogP contribution in [0.3, 0.4) is 0 Å². The number of hydrogen-bond donors (Lipinski definition) is 1. The minimum atomic E-state index is -0.856. The SMILES string of the molecule is Cc1ccc2c(c1)[C@@H](C(=O)O)C1(CCCC1)N(Cc1ccco1)C2=O. The number of carboxylic acids is 1. The third kappa shape index (κ3) is 2.37. The van der Waals surface area contributed by atoms with Gasteiger partial charge < -0.3 is 14.4 Å². The lowest BCUT2D eigenvalue weighted by atomic mass is 9.71. The molecule has 1 aromatic carbocycles. The Bertz CT molecular complexity index is 818. The Balaban J connectivity index is 1.90. The van der Waals surface area contributed by atoms with E-state index in [2.05, 4.69) is 0 Å². The van der Waals surface area contributed by atoms with Crippen molar-refractivity contribution in [2.45, 2.75) is 50.6 Å². The number of aryl methyl sites for hydroxylation is 1. The zero-order chi connectivity index (χ0) is 17.6. The molecule has 1 amide bonds. The summed E-state index contributed by atoms with van der Waals surface area (Å²) in [6, 6.07) is 9.12. The van der Waals surface area contributed by atoms with Crippen LogP contribution in [0.5, 0.6) is 0 Å². The van der Waals surface area contributed by atoms with Crippen molar-refractivity contribution in [1.29, 1.82) is 0 Å². The normalized spacial score (nSPS) is 21.6. The maximum atomic E-state index is 13.3. The number of benzene rings is 1. The Morgan fingerprint density at radius 3 is 2.72 bits per heavy atom. The Morgan fingerprint density at radius 2 is 2.08 bits per heavy atom. The number of fused-ring (bicyclic) bond motifs is 1. The molecule has 1 aliphatic carbocycles. The fourth-order valence-corrected chi connectivity index (χ4v) is 4.61. The number of nitrogens with zero attached hydrogens (tertiary/aromatic N) is 1. The van der Waals surface area contributed by atoms with E-state index in [-0.39, 0.29) is 5.91 Å². The number of carbonyl (C=O) groups is 2. The predicted molar refractivity (Wildman–Crippen MR) is 91.3 cm³/mol. The summed E-state index contributed by atoms with van der Waals surface area (Å²) in [7, 11) is 0. The lowest BCUT2D eigenvalue weighted by molar-refractivity contribution is -0.143. The topological polar surface area (TPSA) is 70.8 Å². The standard InChI is InChI=1S/C20H21NO4/c1-13-6-7-15-16(11-13)17(19(23)24)20(8-2-3-9-20)21(18(15)22)12-14-5-4-10-25-14/h4-7,10-11,17H,2-3,8-9,12H2,1H3,(H,23,24)/t17-/m0/s1. The number of rotatable bonds is 3. The Labute approximate surface area is 146 Å². The molecule has 1 aromatic heterocycles. The molecule has 5 heteroatoms. The molecule has 0 saturated heterocycles. The zero-order valence-electron chi connectivity index (χ0n) is 14.2. The first-order chi connectivity index (χ1) is 12.0. The molecule has 0 unspecified atom stereocenters. The second-order valence-corrected chi connectivity index (χ2v) is 7.14. The van der Waals surface area contributed by atoms with Crippen molar-refractivity contribution in [3.8, 4) is 0 Å². The summed E-state index contributed by atoms with van der Waals surface area (Å²) in [5.74, 6) is -0.964. The van der Waals surface area contributed by atoms with Crippen LogP contribution in [0.25, 0.3) is 0 Å². The van der Waals surface area contributed by atoms with Gasteiger partial charge in [0, 0.05) is 5.56 Å². The van der Waals surface area contributed by atoms with Gasteiger partial charge in [-0.15, -0.1) is 0 Å². The molecule has 2 aromatic rings. The van der Waals surface area contributed by atoms with Crippen LogP contribution in [0.15, 0.2) is 41.0 Å². The van der Waals surface area contributed by atoms with Crippen LogP contribution in [0, 0.1) is 6.92 Å². The van der Waals surface area contributed by atoms with Gasteiger partial charge in [-0.3, -0.25) is 9.59 Å². The first-order valence-corrected chi connectivity index (χ1v) is 8.71. The Kier molecular flexibility index (Phi) is 3.67. The molecule has 1 N–H and O–H groups in total. The Hall–Kier alpha value is -2.56. The summed E-state index contributed by atoms with van der Waals surface area (Å²) >= 11 is 0. The highest BCUT2D eigenvalue weighted by Gasteiger charge is 2.56. The molecule has 25 heavy (non-hydrogen) atoms. The summed E-state index contributed by atoms with van der Waals surface area (Å²) in [4.78, 5) is 27.3. The molecule has 4 rings (SSSR count). The smallest absolute Gasteiger partial charge is 0.313 e. The van der Waals surface area contributed by atoms with Gasteiger partial charge in [-0.2, -0.15) is 0 Å². The summed E-state index contributed by atoms with van der Waals surface area (Å²) < 4.78 is 5.45. The Morgan fingerprint density at radius 1 is 1.32 bits per heavy atom. The van der Waals surface area contributed by atoms with Gasteiger partial charge in [-0.05, 0) is 43.5 Å². The van der Waals surface area contributed by atoms with Crippen molar-refractivity contribution >= 4 is 11.9 Å². The van der Waals surface area contributed by atoms with Gasteiger partial charge in [0.25, 0.3) is 5.91 Å². The zero-order valence-corrected chi connectivity index (χ0v) is 14.2. The highest BCUT2D eigenvalue weighted by Crippen LogP contribution is 2.51. The second kappa shape index (κ2) is 5.76. The number of hydrogen-bond acceptors (Lipinski definition) is 3. The molecule has 130 valence electrons. The van der Waals surface area contributed by atoms with E-state index in [0.29, 0.717) is 36.3 Å². The number of furan rings is 1. The summed E-state index contributed by atoms with van der Waals surface area (Å²) in [5.41, 5.74) is 1.47. The summed E-state index contributed by atoms with van der Waals surface area (Å²) in [5, 5.41) is 10.1. The summed E-state index contributed by atoms with van der Waals surface area (Å²) in [6.45, 7) is 2.24. The van der Waals surface area contributed by atoms with Gasteiger partial charge in [-0.1, -0.05) is 30.5 Å². The van der Waals surface area contributed by atoms with E-state index in [9.17, 15) is 14.7 Å². The van der Waals surface area contributed by atoms with E-state index >= 15 is 0 Å². The lowest BCUT2D eigenvalue weighted by Gasteiger charge is -2.49. The largest absolute Gasteiger partial charge is 0.481 e. The van der Waals surface area contributed by atoms with Gasteiger partial charge in [0.05, 0.1) is 18.3 Å². The number of carboxylic acid groups (broad SMARTS) is 1. The predicted octanol–water partition coefficient (Wildman–Crippen LogP) is 3.73. The van der Waals surface area contributed by atoms with Crippen LogP contribution in [-0.4, -0.2) is 27.4 Å². The minimum Gasteiger partial charge on any atom is -0.481 e. The first kappa shape index (κ1) is 15.9. The average molecular weight is 339 g/mol. The highest BCUT2D eigenvalue weighted by molar-refractivity contribution is 6.01. The fourth-order valence-electron chi connectivity index (χ4n) is 4.61. The number of carbonyl (C=O) groups excluding carboxylic acids is 1. The molecule has 1 fully saturated rings. The van der Waals surface area contributed by atoms with E-state index in [1.54, 1.807) is 23.3 Å². The van der Waals surface area contributed by atoms with E-state index < -0.39 is 17.4 Å². The molecule has 2 aliphatic rings. The molecular weight excluding hydrogens is 318 g/mol. The van der Waals surface area contributed by atoms with Crippen LogP contribution < -0.4 is 0 Å². The van der Waals surface area contributed by atoms with Crippen molar-refractivity contribution in [2.24, 2.45) is 0 Å². The molecule has 1 saturated carbocycles. The maximum Gasteiger partial charge on any atom is 0.313 e. The maximum absolute atomic E-state index is 13.3. The number of amides is 1. The van der Waals surface area contributed by atoms with Crippen LogP contribution in [0.2, 0.25) is 0 Å². The molecule has 1 atom stereocenters. The van der Waals surface area contributed by atoms with Crippen molar-refractivity contribution in [3.63, 3.8) is 0 Å². The van der Waals surface area contributed by atoms with E-state index in [4.69, 9.17) is 4.42 Å². The summed E-state index contributed by atoms with van der Waals surface area (Å²) in [6.07, 6.45) is 4.88. The number of aliphatic carboxylic acids is 1. The third-order valence-corrected chi connectivity index (χ3v) is 5.68. The third-order valence-electron chi connectivity index (χ3n) is 5.68. The van der Waals surface area contributed by atoms with Crippen LogP contribution in [0.4, 0.5) is 0 Å². The van der Waals surface area contributed by atoms with Crippen molar-refractivity contribution in [2.75, 3.05) is 0 Å². The molecule has 2 heterocycles. The quantitative estimate of drug-likeness (QED) is 0.925. The van der Waals surface area contributed by atoms with Crippen LogP contribution in [-0.2, 0) is 11.3 Å². The van der Waals surface area contributed by atoms with Gasteiger partial charge in [0.15, 0.2) is 0 Å². The molecule has 1 spiro atoms. The molecular formula is C20H21NO4. The molecule has 5 nitrogen and oxygen atoms in total. The molecule has 0 bridgehead atoms. The highest BCUT2D eigenvalue weighted by atomic mass is 16.4. The average Bonchev–Trinajstić information content (AvgIpc) is 3.23. The van der Waals surface area contributed by atoms with Crippen LogP contribution in [0.1, 0.15) is 58.8 Å². The first-order valence-electron chi connectivity index (χ1n) is 8.71. The monoisotopic (exact) mass is 339 g/mol. The van der Waals surface area contributed by atoms with Crippen LogP contribution >= 0.6 is 0 Å². The van der Waals surface area contributed by atoms with E-state index in [1.807, 2.05) is 25.1 Å². The second-order valence-electron chi connectivity index (χ2n) is 7.14. The fraction of sp³-hybridized carbons (Fsp3) is 0.400. The van der Waals surface area contributed by atoms with E-state index in [0.717, 1.165) is 18.4 Å². The molecule has 1 aliphatic heterocycles. The van der Waals surface area contributed by atoms with Crippen molar-refractivity contribution < 1.29 is 19.1 Å². The van der Waals surface area contributed by atoms with E-state index in [1.165, 1.54) is 0 Å². The minimum absolute atomic E-state index is 0.0919.